The smallest absolute Gasteiger partial charge is 0.229 e. The van der Waals surface area contributed by atoms with E-state index in [4.69, 9.17) is 4.74 Å². The highest BCUT2D eigenvalue weighted by atomic mass is 31.2. The second kappa shape index (κ2) is 13.1. The van der Waals surface area contributed by atoms with Gasteiger partial charge in [0, 0.05) is 62.4 Å². The van der Waals surface area contributed by atoms with Gasteiger partial charge < -0.3 is 29.7 Å². The summed E-state index contributed by atoms with van der Waals surface area (Å²) in [5, 5.41) is 6.78. The molecule has 0 spiro atoms. The van der Waals surface area contributed by atoms with E-state index in [2.05, 4.69) is 78.4 Å². The minimum Gasteiger partial charge on any atom is -0.494 e. The minimum absolute atomic E-state index is 0.0521. The normalized spacial score (nSPS) is 16.6. The monoisotopic (exact) mass is 647 g/mol. The Morgan fingerprint density at radius 1 is 1.04 bits per heavy atom. The van der Waals surface area contributed by atoms with Crippen LogP contribution in [-0.2, 0) is 11.0 Å². The highest BCUT2D eigenvalue weighted by Crippen LogP contribution is 2.41. The predicted octanol–water partition coefficient (Wildman–Crippen LogP) is 5.08. The van der Waals surface area contributed by atoms with Gasteiger partial charge in [-0.05, 0) is 70.5 Å². The van der Waals surface area contributed by atoms with Gasteiger partial charge in [0.2, 0.25) is 5.95 Å². The maximum atomic E-state index is 15.1. The van der Waals surface area contributed by atoms with Crippen molar-refractivity contribution in [1.29, 1.82) is 0 Å². The lowest BCUT2D eigenvalue weighted by Gasteiger charge is -2.49. The van der Waals surface area contributed by atoms with Crippen molar-refractivity contribution in [3.63, 3.8) is 0 Å². The zero-order valence-electron chi connectivity index (χ0n) is 27.4. The number of nitrogens with zero attached hydrogens (tertiary/aromatic N) is 7. The van der Waals surface area contributed by atoms with Crippen molar-refractivity contribution < 1.29 is 13.7 Å². The summed E-state index contributed by atoms with van der Waals surface area (Å²) >= 11 is 0. The molecule has 2 aromatic carbocycles. The third-order valence-corrected chi connectivity index (χ3v) is 10.6. The van der Waals surface area contributed by atoms with E-state index in [1.807, 2.05) is 0 Å². The van der Waals surface area contributed by atoms with Crippen LogP contribution in [0.3, 0.4) is 0 Å². The molecule has 13 heteroatoms. The van der Waals surface area contributed by atoms with Crippen LogP contribution in [0, 0.1) is 5.82 Å². The van der Waals surface area contributed by atoms with Crippen molar-refractivity contribution in [1.82, 2.24) is 29.7 Å². The molecule has 0 atom stereocenters. The van der Waals surface area contributed by atoms with E-state index in [0.29, 0.717) is 45.5 Å². The zero-order valence-corrected chi connectivity index (χ0v) is 28.3. The van der Waals surface area contributed by atoms with Gasteiger partial charge in [0.05, 0.1) is 35.5 Å². The number of methoxy groups -OCH3 is 1. The molecular weight excluding hydrogens is 604 g/mol. The molecule has 6 rings (SSSR count). The number of likely N-dealkylation sites (N-methyl/N-ethyl adjacent to an activating group) is 1. The molecule has 0 amide bonds. The third kappa shape index (κ3) is 6.52. The predicted molar refractivity (Wildman–Crippen MR) is 184 cm³/mol. The van der Waals surface area contributed by atoms with Crippen LogP contribution in [-0.4, -0.2) is 103 Å². The highest BCUT2D eigenvalue weighted by Gasteiger charge is 2.35. The molecule has 2 aliphatic rings. The molecule has 244 valence electrons. The zero-order chi connectivity index (χ0) is 32.6. The maximum Gasteiger partial charge on any atom is 0.229 e. The lowest BCUT2D eigenvalue weighted by molar-refractivity contribution is 0.0188. The van der Waals surface area contributed by atoms with E-state index in [1.165, 1.54) is 11.3 Å². The standard InChI is InChI=1S/C33H43FN9O2P/c1-7-21-16-27(29(45-4)17-28(21)42-14-10-22(11-15-42)43-19-23(20-43)41(2)3)39-33-37-18-24(34)32(40-33)38-26-9-8-25-30(36-13-12-35-25)31(26)46(5,6)44/h8-9,12-13,16-18,22-23H,7,10-11,14-15,19-20H2,1-6H3,(H2,37,38,39,40). The number of ether oxygens (including phenoxy) is 1. The largest absolute Gasteiger partial charge is 0.494 e. The van der Waals surface area contributed by atoms with Gasteiger partial charge in [0.15, 0.2) is 11.6 Å². The number of rotatable bonds is 10. The molecule has 0 saturated carbocycles. The van der Waals surface area contributed by atoms with E-state index < -0.39 is 13.0 Å². The number of nitrogens with one attached hydrogen (secondary N) is 2. The van der Waals surface area contributed by atoms with Gasteiger partial charge in [-0.15, -0.1) is 0 Å². The lowest BCUT2D eigenvalue weighted by atomic mass is 9.96. The lowest BCUT2D eigenvalue weighted by Crippen LogP contribution is -2.62. The van der Waals surface area contributed by atoms with E-state index in [-0.39, 0.29) is 11.8 Å². The number of anilines is 5. The topological polar surface area (TPSA) is 112 Å². The summed E-state index contributed by atoms with van der Waals surface area (Å²) in [6, 6.07) is 8.94. The molecule has 0 radical (unpaired) electrons. The summed E-state index contributed by atoms with van der Waals surface area (Å²) in [7, 11) is 3.13. The third-order valence-electron chi connectivity index (χ3n) is 9.12. The summed E-state index contributed by atoms with van der Waals surface area (Å²) in [6.45, 7) is 9.76. The van der Waals surface area contributed by atoms with Gasteiger partial charge in [-0.25, -0.2) is 9.37 Å². The quantitative estimate of drug-likeness (QED) is 0.225. The van der Waals surface area contributed by atoms with Crippen molar-refractivity contribution in [2.24, 2.45) is 0 Å². The molecule has 4 heterocycles. The molecule has 2 saturated heterocycles. The number of piperidine rings is 1. The van der Waals surface area contributed by atoms with E-state index in [0.717, 1.165) is 51.6 Å². The first-order valence-electron chi connectivity index (χ1n) is 15.8. The second-order valence-electron chi connectivity index (χ2n) is 12.7. The summed E-state index contributed by atoms with van der Waals surface area (Å²) in [4.78, 5) is 24.8. The fourth-order valence-corrected chi connectivity index (χ4v) is 7.87. The number of halogens is 1. The van der Waals surface area contributed by atoms with Crippen LogP contribution in [0.25, 0.3) is 11.0 Å². The van der Waals surface area contributed by atoms with Crippen molar-refractivity contribution in [3.05, 3.63) is 54.2 Å². The van der Waals surface area contributed by atoms with Gasteiger partial charge in [0.25, 0.3) is 0 Å². The molecule has 2 aliphatic heterocycles. The van der Waals surface area contributed by atoms with Gasteiger partial charge in [-0.2, -0.15) is 4.98 Å². The molecule has 0 bridgehead atoms. The molecule has 0 unspecified atom stereocenters. The van der Waals surface area contributed by atoms with Gasteiger partial charge >= 0.3 is 0 Å². The van der Waals surface area contributed by atoms with E-state index >= 15 is 4.39 Å². The van der Waals surface area contributed by atoms with Crippen molar-refractivity contribution in [2.45, 2.75) is 38.3 Å². The molecule has 11 nitrogen and oxygen atoms in total. The van der Waals surface area contributed by atoms with Crippen LogP contribution < -0.4 is 25.6 Å². The SMILES string of the molecule is CCc1cc(Nc2ncc(F)c(Nc3ccc4nccnc4c3P(C)(C)=O)n2)c(OC)cc1N1CCC(N2CC(N(C)C)C2)CC1. The van der Waals surface area contributed by atoms with Gasteiger partial charge in [0.1, 0.15) is 18.4 Å². The Bertz CT molecular complexity index is 1770. The van der Waals surface area contributed by atoms with Crippen molar-refractivity contribution >= 4 is 52.3 Å². The van der Waals surface area contributed by atoms with Gasteiger partial charge in [-0.3, -0.25) is 14.9 Å². The number of hydrogen-bond acceptors (Lipinski definition) is 11. The average molecular weight is 648 g/mol. The minimum atomic E-state index is -2.84. The first-order valence-corrected chi connectivity index (χ1v) is 18.4. The summed E-state index contributed by atoms with van der Waals surface area (Å²) in [6.07, 6.45) is 7.36. The van der Waals surface area contributed by atoms with Crippen LogP contribution in [0.4, 0.5) is 33.2 Å². The Morgan fingerprint density at radius 3 is 2.46 bits per heavy atom. The first kappa shape index (κ1) is 32.1. The van der Waals surface area contributed by atoms with E-state index in [9.17, 15) is 4.57 Å². The Morgan fingerprint density at radius 2 is 1.78 bits per heavy atom. The number of hydrogen-bond donors (Lipinski definition) is 2. The van der Waals surface area contributed by atoms with Crippen LogP contribution in [0.15, 0.2) is 42.9 Å². The number of aromatic nitrogens is 4. The van der Waals surface area contributed by atoms with Crippen molar-refractivity contribution in [3.8, 4) is 5.75 Å². The molecule has 2 N–H and O–H groups in total. The number of likely N-dealkylation sites (tertiary alicyclic amines) is 1. The number of aryl methyl sites for hydroxylation is 1. The Kier molecular flexibility index (Phi) is 9.14. The first-order chi connectivity index (χ1) is 22.0. The van der Waals surface area contributed by atoms with Gasteiger partial charge in [-0.1, -0.05) is 6.92 Å². The summed E-state index contributed by atoms with van der Waals surface area (Å²) in [5.74, 6) is 0.153. The van der Waals surface area contributed by atoms with Crippen LogP contribution >= 0.6 is 7.14 Å². The van der Waals surface area contributed by atoms with Crippen LogP contribution in [0.5, 0.6) is 5.75 Å². The fraction of sp³-hybridized carbons (Fsp3) is 0.455. The second-order valence-corrected chi connectivity index (χ2v) is 15.9. The van der Waals surface area contributed by atoms with Crippen molar-refractivity contribution in [2.75, 3.05) is 76.2 Å². The molecular formula is C33H43FN9O2P. The number of fused-ring (bicyclic) bond motifs is 1. The molecule has 46 heavy (non-hydrogen) atoms. The molecule has 4 aromatic rings. The Hall–Kier alpha value is -3.86. The molecule has 2 aromatic heterocycles. The van der Waals surface area contributed by atoms with E-state index in [1.54, 1.807) is 45.0 Å². The maximum absolute atomic E-state index is 15.1. The molecule has 2 fully saturated rings. The average Bonchev–Trinajstić information content (AvgIpc) is 3.01. The number of benzene rings is 2. The summed E-state index contributed by atoms with van der Waals surface area (Å²) < 4.78 is 34.2. The Balaban J connectivity index is 1.22. The van der Waals surface area contributed by atoms with Crippen LogP contribution in [0.2, 0.25) is 0 Å². The Labute approximate surface area is 270 Å². The van der Waals surface area contributed by atoms with Crippen LogP contribution in [0.1, 0.15) is 25.3 Å². The molecule has 0 aliphatic carbocycles. The highest BCUT2D eigenvalue weighted by molar-refractivity contribution is 7.71. The fourth-order valence-electron chi connectivity index (χ4n) is 6.47. The summed E-state index contributed by atoms with van der Waals surface area (Å²) in [5.41, 5.74) is 4.62.